The highest BCUT2D eigenvalue weighted by Crippen LogP contribution is 2.43. The van der Waals surface area contributed by atoms with Crippen LogP contribution in [0.25, 0.3) is 22.4 Å². The molecule has 424 valence electrons. The number of alkyl halides is 6. The van der Waals surface area contributed by atoms with Gasteiger partial charge in [0, 0.05) is 67.3 Å². The fraction of sp³-hybridized carbons (Fsp3) is 0.538. The van der Waals surface area contributed by atoms with Gasteiger partial charge in [-0.15, -0.1) is 0 Å². The van der Waals surface area contributed by atoms with E-state index in [1.807, 2.05) is 17.4 Å². The molecular weight excluding hydrogens is 1040 g/mol. The van der Waals surface area contributed by atoms with Crippen molar-refractivity contribution in [1.82, 2.24) is 46.0 Å². The number of nitrogens with zero attached hydrogens (tertiary/aromatic N) is 6. The Labute approximate surface area is 443 Å². The summed E-state index contributed by atoms with van der Waals surface area (Å²) in [6.07, 6.45) is -9.11. The molecule has 1 saturated carbocycles. The second-order valence-electron chi connectivity index (χ2n) is 21.5. The third kappa shape index (κ3) is 12.6. The number of nitrogens with one attached hydrogen (secondary N) is 4. The number of alkyl carbamates (subject to hydrolysis) is 1. The molecule has 2 aromatic carbocycles. The Balaban J connectivity index is 1.09. The number of piperazine rings is 1. The molecule has 5 heterocycles. The van der Waals surface area contributed by atoms with Gasteiger partial charge in [-0.05, 0) is 101 Å². The second kappa shape index (κ2) is 22.6. The Kier molecular flexibility index (Phi) is 16.7. The van der Waals surface area contributed by atoms with Crippen molar-refractivity contribution >= 4 is 29.8 Å². The zero-order valence-electron chi connectivity index (χ0n) is 43.3. The Bertz CT molecular complexity index is 2770. The molecule has 78 heavy (non-hydrogen) atoms. The van der Waals surface area contributed by atoms with Crippen LogP contribution < -0.4 is 26.3 Å². The molecule has 0 radical (unpaired) electrons. The molecule has 18 nitrogen and oxygen atoms in total. The molecule has 26 heteroatoms. The van der Waals surface area contributed by atoms with Gasteiger partial charge in [0.05, 0.1) is 61.1 Å². The predicted molar refractivity (Wildman–Crippen MR) is 265 cm³/mol. The maximum absolute atomic E-state index is 16.2. The fourth-order valence-corrected chi connectivity index (χ4v) is 10.1. The number of fused-ring (bicyclic) bond motifs is 2. The molecule has 1 aliphatic carbocycles. The molecule has 4 aliphatic rings. The summed E-state index contributed by atoms with van der Waals surface area (Å²) in [5.74, 6) is -4.86. The first-order chi connectivity index (χ1) is 36.6. The molecule has 0 spiro atoms. The minimum absolute atomic E-state index is 0.00331. The van der Waals surface area contributed by atoms with Gasteiger partial charge in [-0.2, -0.15) is 31.4 Å². The third-order valence-corrected chi connectivity index (χ3v) is 15.3. The number of rotatable bonds is 20. The van der Waals surface area contributed by atoms with Gasteiger partial charge in [-0.1, -0.05) is 24.3 Å². The van der Waals surface area contributed by atoms with Crippen molar-refractivity contribution in [2.24, 2.45) is 10.8 Å². The number of hydrogen-bond donors (Lipinski definition) is 6. The lowest BCUT2D eigenvalue weighted by molar-refractivity contribution is -0.221. The average molecular weight is 1110 g/mol. The number of ether oxygens (including phenoxy) is 2. The molecule has 2 bridgehead atoms. The van der Waals surface area contributed by atoms with Gasteiger partial charge in [0.1, 0.15) is 29.5 Å². The van der Waals surface area contributed by atoms with Crippen molar-refractivity contribution < 1.29 is 74.0 Å². The molecule has 3 aliphatic heterocycles. The highest BCUT2D eigenvalue weighted by Gasteiger charge is 2.57. The summed E-state index contributed by atoms with van der Waals surface area (Å²) >= 11 is 0. The first-order valence-electron chi connectivity index (χ1n) is 25.3. The smallest absolute Gasteiger partial charge is 0.407 e. The summed E-state index contributed by atoms with van der Waals surface area (Å²) in [5.41, 5.74) is -2.94. The number of carboxylic acid groups (broad SMARTS) is 1. The van der Waals surface area contributed by atoms with Crippen molar-refractivity contribution in [1.29, 1.82) is 0 Å². The molecule has 2 unspecified atom stereocenters. The van der Waals surface area contributed by atoms with Crippen molar-refractivity contribution in [2.75, 3.05) is 44.9 Å². The number of carbonyl (C=O) groups is 4. The number of halogens is 8. The van der Waals surface area contributed by atoms with E-state index in [4.69, 9.17) is 9.72 Å². The normalized spacial score (nSPS) is 19.9. The second-order valence-corrected chi connectivity index (χ2v) is 21.5. The van der Waals surface area contributed by atoms with Gasteiger partial charge < -0.3 is 40.5 Å². The van der Waals surface area contributed by atoms with Gasteiger partial charge in [-0.3, -0.25) is 24.6 Å². The van der Waals surface area contributed by atoms with Crippen molar-refractivity contribution in [2.45, 2.75) is 127 Å². The molecule has 4 amide bonds. The van der Waals surface area contributed by atoms with Crippen LogP contribution in [0.15, 0.2) is 67.0 Å². The number of benzene rings is 2. The summed E-state index contributed by atoms with van der Waals surface area (Å²) in [6.45, 7) is 3.33. The van der Waals surface area contributed by atoms with E-state index in [0.29, 0.717) is 67.5 Å². The fourth-order valence-electron chi connectivity index (χ4n) is 10.1. The SMILES string of the molecule is COC(=O)N[C@H](C(=O)N[C@@H](Cc1ccc(-c2ccc(N3CC4CCC(C3)N4C3COC3)nc2)cc1)[C@@H](O)CN(Cc1c(F)cc(-c2ccn(C3CC3)n2)cc1F)NC(=O)[C@@H](NC(=O)O)C(C)(C)C(F)(F)F)C(C)(C)C(F)(F)F. The molecule has 4 fully saturated rings. The minimum Gasteiger partial charge on any atom is -0.465 e. The number of aliphatic hydroxyl groups excluding tert-OH is 1. The lowest BCUT2D eigenvalue weighted by Crippen LogP contribution is -2.63. The molecule has 6 N–H and O–H groups in total. The topological polar surface area (TPSA) is 216 Å². The Morgan fingerprint density at radius 3 is 1.86 bits per heavy atom. The molecule has 3 saturated heterocycles. The van der Waals surface area contributed by atoms with Crippen molar-refractivity contribution in [3.8, 4) is 22.4 Å². The first-order valence-corrected chi connectivity index (χ1v) is 25.3. The van der Waals surface area contributed by atoms with Gasteiger partial charge in [0.25, 0.3) is 5.91 Å². The molecule has 8 rings (SSSR count). The van der Waals surface area contributed by atoms with Gasteiger partial charge in [0.2, 0.25) is 5.91 Å². The Hall–Kier alpha value is -6.64. The van der Waals surface area contributed by atoms with Crippen LogP contribution in [-0.4, -0.2) is 154 Å². The Morgan fingerprint density at radius 2 is 1.35 bits per heavy atom. The standard InChI is InChI=1S/C52H62F8N10O8/c1-49(2,51(55,56)57)43(64-48(76)77-5)45(72)62-40(18-28-6-8-29(9-7-28)30-10-15-42(61-21-30)67-22-33-13-14-34(23-67)70(33)35-26-78-27-35)41(71)25-68(66-46(73)44(63-47(74)75)50(3,4)52(58,59)60)24-36-37(53)19-31(20-38(36)54)39-16-17-69(65-39)32-11-12-32/h6-10,15-17,19-21,32-35,40-41,43-44,63,71H,11-14,18,22-27H2,1-5H3,(H,62,72)(H,64,76)(H,66,73)(H,74,75)/t33?,34?,40-,41-,43+,44+/m0/s1. The van der Waals surface area contributed by atoms with Crippen LogP contribution in [0.1, 0.15) is 70.5 Å². The van der Waals surface area contributed by atoms with E-state index in [2.05, 4.69) is 30.4 Å². The van der Waals surface area contributed by atoms with E-state index < -0.39 is 108 Å². The lowest BCUT2D eigenvalue weighted by atomic mass is 9.82. The summed E-state index contributed by atoms with van der Waals surface area (Å²) in [6, 6.07) is 8.31. The molecule has 2 aromatic heterocycles. The largest absolute Gasteiger partial charge is 0.465 e. The number of carbonyl (C=O) groups excluding carboxylic acids is 3. The van der Waals surface area contributed by atoms with Crippen LogP contribution in [0.3, 0.4) is 0 Å². The number of aromatic nitrogens is 3. The number of hydrazine groups is 1. The summed E-state index contributed by atoms with van der Waals surface area (Å²) < 4.78 is 131. The van der Waals surface area contributed by atoms with Crippen LogP contribution in [0.5, 0.6) is 0 Å². The van der Waals surface area contributed by atoms with E-state index in [9.17, 15) is 55.7 Å². The van der Waals surface area contributed by atoms with Gasteiger partial charge >= 0.3 is 24.5 Å². The molecular formula is C52H62F8N10O8. The van der Waals surface area contributed by atoms with Crippen molar-refractivity contribution in [3.05, 3.63) is 89.8 Å². The quantitative estimate of drug-likeness (QED) is 0.0400. The van der Waals surface area contributed by atoms with E-state index in [0.717, 1.165) is 77.0 Å². The summed E-state index contributed by atoms with van der Waals surface area (Å²) in [4.78, 5) is 61.9. The Morgan fingerprint density at radius 1 is 0.769 bits per heavy atom. The monoisotopic (exact) mass is 1110 g/mol. The third-order valence-electron chi connectivity index (χ3n) is 15.3. The van der Waals surface area contributed by atoms with E-state index in [-0.39, 0.29) is 17.3 Å². The van der Waals surface area contributed by atoms with E-state index in [1.54, 1.807) is 41.3 Å². The maximum Gasteiger partial charge on any atom is 0.407 e. The van der Waals surface area contributed by atoms with Crippen LogP contribution in [0, 0.1) is 22.5 Å². The van der Waals surface area contributed by atoms with Crippen LogP contribution in [-0.2, 0) is 32.0 Å². The lowest BCUT2D eigenvalue weighted by Gasteiger charge is -2.48. The number of methoxy groups -OCH3 is 1. The number of anilines is 1. The first kappa shape index (κ1) is 57.5. The minimum atomic E-state index is -5.23. The maximum atomic E-state index is 16.2. The number of hydrogen-bond acceptors (Lipinski definition) is 12. The van der Waals surface area contributed by atoms with Crippen LogP contribution in [0.4, 0.5) is 50.5 Å². The van der Waals surface area contributed by atoms with Gasteiger partial charge in [-0.25, -0.2) is 28.4 Å². The zero-order chi connectivity index (χ0) is 56.6. The van der Waals surface area contributed by atoms with Gasteiger partial charge in [0.15, 0.2) is 0 Å². The van der Waals surface area contributed by atoms with Crippen molar-refractivity contribution in [3.63, 3.8) is 0 Å². The van der Waals surface area contributed by atoms with E-state index >= 15 is 8.78 Å². The average Bonchev–Trinajstić information content (AvgIpc) is 4.19. The van der Waals surface area contributed by atoms with Crippen LogP contribution in [0.2, 0.25) is 0 Å². The molecule has 6 atom stereocenters. The highest BCUT2D eigenvalue weighted by molar-refractivity contribution is 5.87. The number of aliphatic hydroxyl groups is 1. The summed E-state index contributed by atoms with van der Waals surface area (Å²) in [7, 11) is 0.847. The number of pyridine rings is 1. The van der Waals surface area contributed by atoms with Crippen LogP contribution >= 0.6 is 0 Å². The number of amides is 4. The summed E-state index contributed by atoms with van der Waals surface area (Å²) in [5, 5.41) is 32.4. The van der Waals surface area contributed by atoms with E-state index in [1.165, 1.54) is 11.4 Å². The zero-order valence-corrected chi connectivity index (χ0v) is 43.3. The predicted octanol–water partition coefficient (Wildman–Crippen LogP) is 6.74. The molecule has 4 aromatic rings. The highest BCUT2D eigenvalue weighted by atomic mass is 19.4.